The van der Waals surface area contributed by atoms with Crippen molar-refractivity contribution in [3.63, 3.8) is 0 Å². The van der Waals surface area contributed by atoms with Crippen LogP contribution in [0.2, 0.25) is 0 Å². The SMILES string of the molecule is COc1cccc(CC(=O)NCC2(O)Cc3ccccc3C2)c1. The molecular formula is C19H21NO3. The average Bonchev–Trinajstić information content (AvgIpc) is 2.90. The van der Waals surface area contributed by atoms with Gasteiger partial charge >= 0.3 is 0 Å². The van der Waals surface area contributed by atoms with Crippen LogP contribution in [0.1, 0.15) is 16.7 Å². The molecule has 3 rings (SSSR count). The van der Waals surface area contributed by atoms with Gasteiger partial charge in [0.1, 0.15) is 5.75 Å². The number of benzene rings is 2. The summed E-state index contributed by atoms with van der Waals surface area (Å²) in [6.07, 6.45) is 1.45. The first-order valence-corrected chi connectivity index (χ1v) is 7.77. The topological polar surface area (TPSA) is 58.6 Å². The van der Waals surface area contributed by atoms with Crippen LogP contribution in [0.25, 0.3) is 0 Å². The molecule has 23 heavy (non-hydrogen) atoms. The zero-order chi connectivity index (χ0) is 16.3. The molecule has 0 fully saturated rings. The van der Waals surface area contributed by atoms with Gasteiger partial charge in [-0.05, 0) is 28.8 Å². The van der Waals surface area contributed by atoms with Crippen LogP contribution in [0, 0.1) is 0 Å². The molecule has 4 nitrogen and oxygen atoms in total. The second kappa shape index (κ2) is 6.42. The van der Waals surface area contributed by atoms with Gasteiger partial charge in [-0.3, -0.25) is 4.79 Å². The van der Waals surface area contributed by atoms with Crippen LogP contribution in [0.5, 0.6) is 5.75 Å². The van der Waals surface area contributed by atoms with E-state index >= 15 is 0 Å². The summed E-state index contributed by atoms with van der Waals surface area (Å²) in [5.41, 5.74) is 2.34. The van der Waals surface area contributed by atoms with Crippen LogP contribution in [0.3, 0.4) is 0 Å². The van der Waals surface area contributed by atoms with Gasteiger partial charge in [-0.1, -0.05) is 36.4 Å². The van der Waals surface area contributed by atoms with E-state index < -0.39 is 5.60 Å². The zero-order valence-corrected chi connectivity index (χ0v) is 13.2. The summed E-state index contributed by atoms with van der Waals surface area (Å²) in [5, 5.41) is 13.5. The molecule has 0 aliphatic heterocycles. The molecule has 0 radical (unpaired) electrons. The normalized spacial score (nSPS) is 15.0. The highest BCUT2D eigenvalue weighted by Gasteiger charge is 2.35. The van der Waals surface area contributed by atoms with Crippen LogP contribution in [0.15, 0.2) is 48.5 Å². The van der Waals surface area contributed by atoms with Gasteiger partial charge in [0.05, 0.1) is 19.1 Å². The summed E-state index contributed by atoms with van der Waals surface area (Å²) in [7, 11) is 1.60. The van der Waals surface area contributed by atoms with Gasteiger partial charge in [0.25, 0.3) is 0 Å². The summed E-state index contributed by atoms with van der Waals surface area (Å²) in [5.74, 6) is 0.641. The molecule has 0 heterocycles. The minimum Gasteiger partial charge on any atom is -0.497 e. The second-order valence-electron chi connectivity index (χ2n) is 6.15. The number of aliphatic hydroxyl groups is 1. The Labute approximate surface area is 136 Å². The molecule has 1 aliphatic carbocycles. The Bertz CT molecular complexity index is 686. The third-order valence-electron chi connectivity index (χ3n) is 4.27. The Morgan fingerprint density at radius 1 is 1.17 bits per heavy atom. The molecule has 1 amide bonds. The largest absolute Gasteiger partial charge is 0.497 e. The molecule has 2 N–H and O–H groups in total. The summed E-state index contributed by atoms with van der Waals surface area (Å²) < 4.78 is 5.16. The molecule has 2 aromatic rings. The van der Waals surface area contributed by atoms with Gasteiger partial charge in [0, 0.05) is 19.4 Å². The molecule has 0 aromatic heterocycles. The summed E-state index contributed by atoms with van der Waals surface area (Å²) in [6, 6.07) is 15.5. The van der Waals surface area contributed by atoms with E-state index in [2.05, 4.69) is 5.32 Å². The lowest BCUT2D eigenvalue weighted by Gasteiger charge is -2.22. The first kappa shape index (κ1) is 15.6. The van der Waals surface area contributed by atoms with Crippen molar-refractivity contribution in [1.82, 2.24) is 5.32 Å². The Kier molecular flexibility index (Phi) is 4.35. The van der Waals surface area contributed by atoms with E-state index in [0.29, 0.717) is 12.8 Å². The van der Waals surface area contributed by atoms with Crippen LogP contribution in [-0.2, 0) is 24.1 Å². The fourth-order valence-electron chi connectivity index (χ4n) is 3.09. The first-order valence-electron chi connectivity index (χ1n) is 7.77. The van der Waals surface area contributed by atoms with E-state index in [9.17, 15) is 9.90 Å². The number of hydrogen-bond acceptors (Lipinski definition) is 3. The molecule has 4 heteroatoms. The average molecular weight is 311 g/mol. The highest BCUT2D eigenvalue weighted by atomic mass is 16.5. The number of methoxy groups -OCH3 is 1. The van der Waals surface area contributed by atoms with Crippen molar-refractivity contribution in [2.45, 2.75) is 24.9 Å². The Balaban J connectivity index is 1.55. The van der Waals surface area contributed by atoms with Crippen molar-refractivity contribution in [3.05, 3.63) is 65.2 Å². The number of carbonyl (C=O) groups excluding carboxylic acids is 1. The monoisotopic (exact) mass is 311 g/mol. The maximum atomic E-state index is 12.1. The van der Waals surface area contributed by atoms with Gasteiger partial charge in [0.2, 0.25) is 5.91 Å². The van der Waals surface area contributed by atoms with Gasteiger partial charge in [-0.25, -0.2) is 0 Å². The van der Waals surface area contributed by atoms with Gasteiger partial charge in [-0.2, -0.15) is 0 Å². The Morgan fingerprint density at radius 2 is 1.87 bits per heavy atom. The number of hydrogen-bond donors (Lipinski definition) is 2. The van der Waals surface area contributed by atoms with Crippen LogP contribution < -0.4 is 10.1 Å². The standard InChI is InChI=1S/C19H21NO3/c1-23-17-8-4-5-14(9-17)10-18(21)20-13-19(22)11-15-6-2-3-7-16(15)12-19/h2-9,22H,10-13H2,1H3,(H,20,21). The molecule has 0 spiro atoms. The highest BCUT2D eigenvalue weighted by molar-refractivity contribution is 5.78. The maximum Gasteiger partial charge on any atom is 0.224 e. The number of amides is 1. The highest BCUT2D eigenvalue weighted by Crippen LogP contribution is 2.29. The second-order valence-corrected chi connectivity index (χ2v) is 6.15. The Hall–Kier alpha value is -2.33. The van der Waals surface area contributed by atoms with Crippen LogP contribution in [-0.4, -0.2) is 30.3 Å². The summed E-state index contributed by atoms with van der Waals surface area (Å²) >= 11 is 0. The molecule has 0 atom stereocenters. The van der Waals surface area contributed by atoms with E-state index in [-0.39, 0.29) is 18.9 Å². The van der Waals surface area contributed by atoms with Crippen molar-refractivity contribution < 1.29 is 14.6 Å². The number of rotatable bonds is 5. The lowest BCUT2D eigenvalue weighted by molar-refractivity contribution is -0.121. The van der Waals surface area contributed by atoms with E-state index in [1.807, 2.05) is 48.5 Å². The molecule has 1 aliphatic rings. The fraction of sp³-hybridized carbons (Fsp3) is 0.316. The molecule has 2 aromatic carbocycles. The van der Waals surface area contributed by atoms with E-state index in [0.717, 1.165) is 22.4 Å². The lowest BCUT2D eigenvalue weighted by atomic mass is 10.0. The molecule has 0 saturated heterocycles. The maximum absolute atomic E-state index is 12.1. The third-order valence-corrected chi connectivity index (χ3v) is 4.27. The molecular weight excluding hydrogens is 290 g/mol. The van der Waals surface area contributed by atoms with Crippen LogP contribution >= 0.6 is 0 Å². The minimum atomic E-state index is -0.881. The molecule has 0 unspecified atom stereocenters. The quantitative estimate of drug-likeness (QED) is 0.886. The minimum absolute atomic E-state index is 0.0948. The van der Waals surface area contributed by atoms with Crippen molar-refractivity contribution in [2.24, 2.45) is 0 Å². The van der Waals surface area contributed by atoms with E-state index in [1.54, 1.807) is 7.11 Å². The van der Waals surface area contributed by atoms with Gasteiger partial charge in [-0.15, -0.1) is 0 Å². The first-order chi connectivity index (χ1) is 11.1. The molecule has 120 valence electrons. The molecule has 0 bridgehead atoms. The van der Waals surface area contributed by atoms with Crippen LogP contribution in [0.4, 0.5) is 0 Å². The van der Waals surface area contributed by atoms with Crippen molar-refractivity contribution >= 4 is 5.91 Å². The molecule has 0 saturated carbocycles. The van der Waals surface area contributed by atoms with Gasteiger partial charge in [0.15, 0.2) is 0 Å². The van der Waals surface area contributed by atoms with Crippen molar-refractivity contribution in [1.29, 1.82) is 0 Å². The number of nitrogens with one attached hydrogen (secondary N) is 1. The van der Waals surface area contributed by atoms with Gasteiger partial charge < -0.3 is 15.2 Å². The lowest BCUT2D eigenvalue weighted by Crippen LogP contribution is -2.44. The number of carbonyl (C=O) groups is 1. The van der Waals surface area contributed by atoms with E-state index in [1.165, 1.54) is 0 Å². The zero-order valence-electron chi connectivity index (χ0n) is 13.2. The fourth-order valence-corrected chi connectivity index (χ4v) is 3.09. The third kappa shape index (κ3) is 3.71. The smallest absolute Gasteiger partial charge is 0.224 e. The predicted octanol–water partition coefficient (Wildman–Crippen LogP) is 1.88. The van der Waals surface area contributed by atoms with Crippen molar-refractivity contribution in [3.8, 4) is 5.75 Å². The summed E-state index contributed by atoms with van der Waals surface area (Å²) in [4.78, 5) is 12.1. The number of fused-ring (bicyclic) bond motifs is 1. The van der Waals surface area contributed by atoms with Crippen molar-refractivity contribution in [2.75, 3.05) is 13.7 Å². The van der Waals surface area contributed by atoms with E-state index in [4.69, 9.17) is 4.74 Å². The number of ether oxygens (including phenoxy) is 1. The Morgan fingerprint density at radius 3 is 2.52 bits per heavy atom. The predicted molar refractivity (Wildman–Crippen MR) is 88.5 cm³/mol. The summed E-state index contributed by atoms with van der Waals surface area (Å²) in [6.45, 7) is 0.268.